The Morgan fingerprint density at radius 1 is 1.21 bits per heavy atom. The third-order valence-corrected chi connectivity index (χ3v) is 3.44. The Bertz CT molecular complexity index is 704. The van der Waals surface area contributed by atoms with Crippen LogP contribution in [0, 0.1) is 6.92 Å². The monoisotopic (exact) mass is 335 g/mol. The van der Waals surface area contributed by atoms with Crippen molar-refractivity contribution in [3.8, 4) is 11.5 Å². The maximum absolute atomic E-state index is 12.2. The first-order valence-electron chi connectivity index (χ1n) is 7.46. The Morgan fingerprint density at radius 3 is 2.71 bits per heavy atom. The van der Waals surface area contributed by atoms with Crippen LogP contribution in [0.4, 0.5) is 8.78 Å². The highest BCUT2D eigenvalue weighted by atomic mass is 19.3. The Labute approximate surface area is 139 Å². The lowest BCUT2D eigenvalue weighted by Gasteiger charge is -2.11. The van der Waals surface area contributed by atoms with E-state index < -0.39 is 6.61 Å². The lowest BCUT2D eigenvalue weighted by molar-refractivity contribution is -0.0498. The molecule has 1 amide bonds. The van der Waals surface area contributed by atoms with E-state index in [9.17, 15) is 13.6 Å². The van der Waals surface area contributed by atoms with Gasteiger partial charge in [-0.25, -0.2) is 0 Å². The van der Waals surface area contributed by atoms with E-state index in [-0.39, 0.29) is 17.2 Å². The van der Waals surface area contributed by atoms with Gasteiger partial charge in [-0.15, -0.1) is 0 Å². The summed E-state index contributed by atoms with van der Waals surface area (Å²) in [6, 6.07) is 11.5. The summed E-state index contributed by atoms with van der Waals surface area (Å²) >= 11 is 0. The highest BCUT2D eigenvalue weighted by Gasteiger charge is 2.10. The first kappa shape index (κ1) is 17.7. The summed E-state index contributed by atoms with van der Waals surface area (Å²) in [5.41, 5.74) is 2.37. The third-order valence-electron chi connectivity index (χ3n) is 3.44. The summed E-state index contributed by atoms with van der Waals surface area (Å²) in [4.78, 5) is 12.1. The van der Waals surface area contributed by atoms with Gasteiger partial charge in [-0.1, -0.05) is 23.8 Å². The van der Waals surface area contributed by atoms with Crippen LogP contribution >= 0.6 is 0 Å². The molecule has 24 heavy (non-hydrogen) atoms. The van der Waals surface area contributed by atoms with E-state index in [4.69, 9.17) is 4.74 Å². The van der Waals surface area contributed by atoms with E-state index in [1.54, 1.807) is 13.2 Å². The van der Waals surface area contributed by atoms with Crippen LogP contribution in [0.5, 0.6) is 11.5 Å². The summed E-state index contributed by atoms with van der Waals surface area (Å²) in [6.45, 7) is -0.536. The van der Waals surface area contributed by atoms with Crippen molar-refractivity contribution >= 4 is 5.91 Å². The number of hydrogen-bond donors (Lipinski definition) is 1. The molecule has 0 aromatic heterocycles. The number of benzene rings is 2. The van der Waals surface area contributed by atoms with E-state index in [0.717, 1.165) is 16.9 Å². The summed E-state index contributed by atoms with van der Waals surface area (Å²) in [7, 11) is 1.60. The number of amides is 1. The van der Waals surface area contributed by atoms with Gasteiger partial charge in [0, 0.05) is 12.1 Å². The molecule has 0 atom stereocenters. The van der Waals surface area contributed by atoms with E-state index in [0.29, 0.717) is 13.0 Å². The molecule has 6 heteroatoms. The average Bonchev–Trinajstić information content (AvgIpc) is 2.54. The fourth-order valence-electron chi connectivity index (χ4n) is 2.33. The molecule has 0 aliphatic rings. The van der Waals surface area contributed by atoms with Crippen LogP contribution in [0.15, 0.2) is 42.5 Å². The molecule has 0 radical (unpaired) electrons. The number of carbonyl (C=O) groups excluding carboxylic acids is 1. The van der Waals surface area contributed by atoms with E-state index >= 15 is 0 Å². The number of rotatable bonds is 7. The van der Waals surface area contributed by atoms with Crippen LogP contribution in [0.1, 0.15) is 21.5 Å². The molecule has 0 spiro atoms. The van der Waals surface area contributed by atoms with Crippen molar-refractivity contribution in [1.29, 1.82) is 0 Å². The first-order valence-corrected chi connectivity index (χ1v) is 7.46. The predicted octanol–water partition coefficient (Wildman–Crippen LogP) is 3.58. The molecule has 2 aromatic carbocycles. The van der Waals surface area contributed by atoms with Gasteiger partial charge in [0.1, 0.15) is 11.5 Å². The molecule has 0 fully saturated rings. The van der Waals surface area contributed by atoms with Gasteiger partial charge < -0.3 is 14.8 Å². The lowest BCUT2D eigenvalue weighted by Crippen LogP contribution is -2.25. The van der Waals surface area contributed by atoms with Crippen molar-refractivity contribution in [3.05, 3.63) is 59.2 Å². The number of hydrogen-bond acceptors (Lipinski definition) is 3. The summed E-state index contributed by atoms with van der Waals surface area (Å²) in [6.07, 6.45) is 0.601. The van der Waals surface area contributed by atoms with Gasteiger partial charge in [-0.05, 0) is 43.2 Å². The third kappa shape index (κ3) is 4.94. The fourth-order valence-corrected chi connectivity index (χ4v) is 2.33. The Kier molecular flexibility index (Phi) is 6.12. The minimum atomic E-state index is -2.92. The number of ether oxygens (including phenoxy) is 2. The van der Waals surface area contributed by atoms with Crippen molar-refractivity contribution in [1.82, 2.24) is 5.32 Å². The number of carbonyl (C=O) groups is 1. The Balaban J connectivity index is 1.95. The Hall–Kier alpha value is -2.63. The van der Waals surface area contributed by atoms with E-state index in [1.165, 1.54) is 18.2 Å². The van der Waals surface area contributed by atoms with Gasteiger partial charge >= 0.3 is 6.61 Å². The van der Waals surface area contributed by atoms with Crippen LogP contribution in [-0.4, -0.2) is 26.2 Å². The highest BCUT2D eigenvalue weighted by molar-refractivity contribution is 5.94. The summed E-state index contributed by atoms with van der Waals surface area (Å²) in [5, 5.41) is 2.76. The molecule has 128 valence electrons. The number of aryl methyl sites for hydroxylation is 1. The summed E-state index contributed by atoms with van der Waals surface area (Å²) in [5.74, 6) is 0.376. The number of halogens is 2. The van der Waals surface area contributed by atoms with Crippen molar-refractivity contribution < 1.29 is 23.0 Å². The van der Waals surface area contributed by atoms with Crippen LogP contribution in [-0.2, 0) is 6.42 Å². The average molecular weight is 335 g/mol. The van der Waals surface area contributed by atoms with Crippen molar-refractivity contribution in [2.45, 2.75) is 20.0 Å². The van der Waals surface area contributed by atoms with Gasteiger partial charge in [0.2, 0.25) is 0 Å². The predicted molar refractivity (Wildman–Crippen MR) is 86.8 cm³/mol. The maximum Gasteiger partial charge on any atom is 0.387 e. The Morgan fingerprint density at radius 2 is 2.00 bits per heavy atom. The fraction of sp³-hybridized carbons (Fsp3) is 0.278. The molecule has 0 aliphatic carbocycles. The van der Waals surface area contributed by atoms with Gasteiger partial charge in [0.25, 0.3) is 5.91 Å². The molecular formula is C18H19F2NO3. The molecular weight excluding hydrogens is 316 g/mol. The van der Waals surface area contributed by atoms with Gasteiger partial charge in [0.05, 0.1) is 7.11 Å². The standard InChI is InChI=1S/C18H19F2NO3/c1-12-6-7-16(23-2)13(10-12)8-9-21-17(22)14-4-3-5-15(11-14)24-18(19)20/h3-7,10-11,18H,8-9H2,1-2H3,(H,21,22). The molecule has 2 aromatic rings. The van der Waals surface area contributed by atoms with Crippen molar-refractivity contribution in [3.63, 3.8) is 0 Å². The molecule has 1 N–H and O–H groups in total. The SMILES string of the molecule is COc1ccc(C)cc1CCNC(=O)c1cccc(OC(F)F)c1. The normalized spacial score (nSPS) is 10.5. The van der Waals surface area contributed by atoms with Gasteiger partial charge in [0.15, 0.2) is 0 Å². The minimum absolute atomic E-state index is 0.0435. The molecule has 0 bridgehead atoms. The largest absolute Gasteiger partial charge is 0.496 e. The maximum atomic E-state index is 12.2. The second-order valence-corrected chi connectivity index (χ2v) is 5.23. The zero-order valence-corrected chi connectivity index (χ0v) is 13.5. The number of nitrogens with one attached hydrogen (secondary N) is 1. The van der Waals surface area contributed by atoms with Crippen LogP contribution in [0.2, 0.25) is 0 Å². The van der Waals surface area contributed by atoms with E-state index in [2.05, 4.69) is 10.1 Å². The zero-order chi connectivity index (χ0) is 17.5. The summed E-state index contributed by atoms with van der Waals surface area (Å²) < 4.78 is 34.0. The quantitative estimate of drug-likeness (QED) is 0.841. The second kappa shape index (κ2) is 8.29. The molecule has 0 unspecified atom stereocenters. The lowest BCUT2D eigenvalue weighted by atomic mass is 10.1. The topological polar surface area (TPSA) is 47.6 Å². The number of alkyl halides is 2. The van der Waals surface area contributed by atoms with Crippen LogP contribution < -0.4 is 14.8 Å². The highest BCUT2D eigenvalue weighted by Crippen LogP contribution is 2.20. The first-order chi connectivity index (χ1) is 11.5. The minimum Gasteiger partial charge on any atom is -0.496 e. The van der Waals surface area contributed by atoms with Crippen LogP contribution in [0.25, 0.3) is 0 Å². The number of methoxy groups -OCH3 is 1. The van der Waals surface area contributed by atoms with Gasteiger partial charge in [-0.3, -0.25) is 4.79 Å². The smallest absolute Gasteiger partial charge is 0.387 e. The molecule has 0 heterocycles. The van der Waals surface area contributed by atoms with Crippen molar-refractivity contribution in [2.24, 2.45) is 0 Å². The molecule has 2 rings (SSSR count). The van der Waals surface area contributed by atoms with E-state index in [1.807, 2.05) is 25.1 Å². The molecule has 0 saturated carbocycles. The molecule has 4 nitrogen and oxygen atoms in total. The van der Waals surface area contributed by atoms with Crippen LogP contribution in [0.3, 0.4) is 0 Å². The molecule has 0 saturated heterocycles. The van der Waals surface area contributed by atoms with Gasteiger partial charge in [-0.2, -0.15) is 8.78 Å². The molecule has 0 aliphatic heterocycles. The second-order valence-electron chi connectivity index (χ2n) is 5.23. The zero-order valence-electron chi connectivity index (χ0n) is 13.5. The van der Waals surface area contributed by atoms with Crippen molar-refractivity contribution in [2.75, 3.05) is 13.7 Å².